The molecule has 0 saturated heterocycles. The molecule has 0 aromatic heterocycles. The summed E-state index contributed by atoms with van der Waals surface area (Å²) in [6.07, 6.45) is 6.91. The van der Waals surface area contributed by atoms with Gasteiger partial charge in [0.15, 0.2) is 0 Å². The molecule has 2 aromatic rings. The summed E-state index contributed by atoms with van der Waals surface area (Å²) in [5.74, 6) is 3.58. The van der Waals surface area contributed by atoms with E-state index in [1.54, 1.807) is 31.2 Å². The second-order valence-corrected chi connectivity index (χ2v) is 8.98. The second-order valence-electron chi connectivity index (χ2n) is 8.98. The zero-order chi connectivity index (χ0) is 26.9. The highest BCUT2D eigenvalue weighted by Crippen LogP contribution is 2.22. The van der Waals surface area contributed by atoms with Crippen molar-refractivity contribution in [2.45, 2.75) is 26.7 Å². The van der Waals surface area contributed by atoms with Crippen LogP contribution in [0.15, 0.2) is 76.4 Å². The number of benzene rings is 2. The Morgan fingerprint density at radius 1 is 1.11 bits per heavy atom. The number of terminal acetylenes is 1. The average molecular weight is 501 g/mol. The molecule has 7 heteroatoms. The number of hydrogen-bond acceptors (Lipinski definition) is 4. The molecule has 0 atom stereocenters. The Bertz CT molecular complexity index is 1260. The molecule has 0 N–H and O–H groups in total. The minimum atomic E-state index is -0.349. The van der Waals surface area contributed by atoms with Gasteiger partial charge in [0.25, 0.3) is 0 Å². The van der Waals surface area contributed by atoms with Crippen molar-refractivity contribution in [1.29, 1.82) is 0 Å². The predicted molar refractivity (Wildman–Crippen MR) is 148 cm³/mol. The molecule has 1 heterocycles. The van der Waals surface area contributed by atoms with E-state index in [1.807, 2.05) is 43.0 Å². The van der Waals surface area contributed by atoms with Crippen molar-refractivity contribution < 1.29 is 13.9 Å². The normalized spacial score (nSPS) is 13.9. The SMILES string of the molecule is C#CC1=C(N=C(C)C)CCN(C(=O)CN(C)C(=NC(=C)c2ccc(OC)cc2)c2ccc(F)cc2)CC1. The summed E-state index contributed by atoms with van der Waals surface area (Å²) >= 11 is 0. The van der Waals surface area contributed by atoms with Gasteiger partial charge in [-0.25, -0.2) is 9.38 Å². The molecule has 0 saturated carbocycles. The third-order valence-corrected chi connectivity index (χ3v) is 5.98. The van der Waals surface area contributed by atoms with E-state index in [0.29, 0.717) is 43.0 Å². The molecule has 0 fully saturated rings. The highest BCUT2D eigenvalue weighted by atomic mass is 19.1. The summed E-state index contributed by atoms with van der Waals surface area (Å²) in [5, 5.41) is 0. The fourth-order valence-electron chi connectivity index (χ4n) is 4.02. The summed E-state index contributed by atoms with van der Waals surface area (Å²) in [6.45, 7) is 9.12. The number of nitrogens with zero attached hydrogens (tertiary/aromatic N) is 4. The van der Waals surface area contributed by atoms with Gasteiger partial charge in [-0.2, -0.15) is 0 Å². The fourth-order valence-corrected chi connectivity index (χ4v) is 4.02. The van der Waals surface area contributed by atoms with E-state index in [1.165, 1.54) is 12.1 Å². The summed E-state index contributed by atoms with van der Waals surface area (Å²) in [4.78, 5) is 26.2. The zero-order valence-corrected chi connectivity index (χ0v) is 21.9. The average Bonchev–Trinajstić information content (AvgIpc) is 3.09. The molecule has 1 aliphatic heterocycles. The molecule has 0 spiro atoms. The summed E-state index contributed by atoms with van der Waals surface area (Å²) in [5.41, 5.74) is 4.63. The maximum Gasteiger partial charge on any atom is 0.242 e. The lowest BCUT2D eigenvalue weighted by Crippen LogP contribution is -2.42. The van der Waals surface area contributed by atoms with Gasteiger partial charge >= 0.3 is 0 Å². The summed E-state index contributed by atoms with van der Waals surface area (Å²) in [7, 11) is 3.40. The van der Waals surface area contributed by atoms with Crippen LogP contribution in [0.1, 0.15) is 37.8 Å². The van der Waals surface area contributed by atoms with Crippen molar-refractivity contribution in [1.82, 2.24) is 9.80 Å². The highest BCUT2D eigenvalue weighted by molar-refractivity contribution is 6.03. The molecule has 2 aromatic carbocycles. The minimum Gasteiger partial charge on any atom is -0.497 e. The number of methoxy groups -OCH3 is 1. The van der Waals surface area contributed by atoms with Crippen LogP contribution in [0.2, 0.25) is 0 Å². The molecular weight excluding hydrogens is 467 g/mol. The van der Waals surface area contributed by atoms with Gasteiger partial charge in [0.1, 0.15) is 17.4 Å². The Morgan fingerprint density at radius 3 is 2.32 bits per heavy atom. The number of likely N-dealkylation sites (N-methyl/N-ethyl adjacent to an activating group) is 1. The molecule has 1 aliphatic rings. The summed E-state index contributed by atoms with van der Waals surface area (Å²) in [6, 6.07) is 13.4. The van der Waals surface area contributed by atoms with Crippen molar-refractivity contribution in [3.8, 4) is 18.1 Å². The Morgan fingerprint density at radius 2 is 1.73 bits per heavy atom. The number of carbonyl (C=O) groups is 1. The fraction of sp³-hybridized carbons (Fsp3) is 0.300. The molecule has 6 nitrogen and oxygen atoms in total. The Labute approximate surface area is 218 Å². The van der Waals surface area contributed by atoms with E-state index in [4.69, 9.17) is 16.2 Å². The highest BCUT2D eigenvalue weighted by Gasteiger charge is 2.22. The lowest BCUT2D eigenvalue weighted by atomic mass is 10.1. The lowest BCUT2D eigenvalue weighted by Gasteiger charge is -2.26. The van der Waals surface area contributed by atoms with Crippen LogP contribution >= 0.6 is 0 Å². The monoisotopic (exact) mass is 500 g/mol. The van der Waals surface area contributed by atoms with Crippen molar-refractivity contribution in [2.75, 3.05) is 33.8 Å². The van der Waals surface area contributed by atoms with Crippen LogP contribution in [0.25, 0.3) is 5.70 Å². The van der Waals surface area contributed by atoms with Gasteiger partial charge in [0.2, 0.25) is 5.91 Å². The van der Waals surface area contributed by atoms with Crippen LogP contribution in [0.4, 0.5) is 4.39 Å². The van der Waals surface area contributed by atoms with E-state index in [-0.39, 0.29) is 18.3 Å². The topological polar surface area (TPSA) is 57.5 Å². The number of hydrogen-bond donors (Lipinski definition) is 0. The number of amidine groups is 1. The molecule has 0 bridgehead atoms. The number of aliphatic imine (C=N–C) groups is 2. The van der Waals surface area contributed by atoms with Gasteiger partial charge in [0, 0.05) is 43.4 Å². The number of carbonyl (C=O) groups excluding carboxylic acids is 1. The first-order valence-electron chi connectivity index (χ1n) is 12.1. The van der Waals surface area contributed by atoms with Crippen LogP contribution in [0.5, 0.6) is 5.75 Å². The van der Waals surface area contributed by atoms with E-state index in [2.05, 4.69) is 17.5 Å². The zero-order valence-electron chi connectivity index (χ0n) is 21.9. The first-order valence-corrected chi connectivity index (χ1v) is 12.1. The smallest absolute Gasteiger partial charge is 0.242 e. The Hall–Kier alpha value is -4.18. The third-order valence-electron chi connectivity index (χ3n) is 5.98. The van der Waals surface area contributed by atoms with Gasteiger partial charge in [-0.15, -0.1) is 6.42 Å². The molecule has 37 heavy (non-hydrogen) atoms. The van der Waals surface area contributed by atoms with Gasteiger partial charge in [0.05, 0.1) is 25.0 Å². The number of ether oxygens (including phenoxy) is 1. The van der Waals surface area contributed by atoms with E-state index >= 15 is 0 Å². The van der Waals surface area contributed by atoms with Gasteiger partial charge in [-0.1, -0.05) is 12.5 Å². The van der Waals surface area contributed by atoms with E-state index in [0.717, 1.165) is 28.3 Å². The molecule has 0 unspecified atom stereocenters. The van der Waals surface area contributed by atoms with Crippen LogP contribution in [-0.2, 0) is 4.79 Å². The number of halogens is 1. The quantitative estimate of drug-likeness (QED) is 0.299. The van der Waals surface area contributed by atoms with Crippen molar-refractivity contribution in [3.63, 3.8) is 0 Å². The lowest BCUT2D eigenvalue weighted by molar-refractivity contribution is -0.131. The van der Waals surface area contributed by atoms with Gasteiger partial charge in [-0.3, -0.25) is 9.79 Å². The van der Waals surface area contributed by atoms with Gasteiger partial charge < -0.3 is 14.5 Å². The first-order chi connectivity index (χ1) is 17.7. The Kier molecular flexibility index (Phi) is 9.39. The van der Waals surface area contributed by atoms with Crippen molar-refractivity contribution in [3.05, 3.63) is 83.3 Å². The second kappa shape index (κ2) is 12.7. The van der Waals surface area contributed by atoms with E-state index < -0.39 is 0 Å². The maximum absolute atomic E-state index is 13.6. The standard InChI is InChI=1S/C30H33FN4O2/c1-7-23-16-18-35(19-17-28(23)32-21(2)3)29(36)20-34(5)30(25-8-12-26(31)13-9-25)33-22(4)24-10-14-27(37-6)15-11-24/h1,8-15H,4,16-20H2,2-3,5-6H3. The number of rotatable bonds is 7. The van der Waals surface area contributed by atoms with Crippen molar-refractivity contribution >= 4 is 23.2 Å². The van der Waals surface area contributed by atoms with Crippen LogP contribution in [0.3, 0.4) is 0 Å². The minimum absolute atomic E-state index is 0.0535. The van der Waals surface area contributed by atoms with Crippen LogP contribution in [0, 0.1) is 18.2 Å². The third kappa shape index (κ3) is 7.40. The first kappa shape index (κ1) is 27.4. The molecular formula is C30H33FN4O2. The van der Waals surface area contributed by atoms with E-state index in [9.17, 15) is 9.18 Å². The molecule has 192 valence electrons. The largest absolute Gasteiger partial charge is 0.497 e. The predicted octanol–water partition coefficient (Wildman–Crippen LogP) is 5.17. The van der Waals surface area contributed by atoms with Crippen LogP contribution < -0.4 is 4.74 Å². The molecule has 0 radical (unpaired) electrons. The molecule has 3 rings (SSSR count). The summed E-state index contributed by atoms with van der Waals surface area (Å²) < 4.78 is 18.9. The molecule has 0 aliphatic carbocycles. The maximum atomic E-state index is 13.6. The van der Waals surface area contributed by atoms with Gasteiger partial charge in [-0.05, 0) is 74.4 Å². The van der Waals surface area contributed by atoms with Crippen molar-refractivity contribution in [2.24, 2.45) is 9.98 Å². The van der Waals surface area contributed by atoms with Crippen LogP contribution in [-0.4, -0.2) is 61.0 Å². The Balaban J connectivity index is 1.81. The number of amides is 1. The molecule has 1 amide bonds.